The number of aryl methyl sites for hydroxylation is 1. The lowest BCUT2D eigenvalue weighted by Gasteiger charge is -2.27. The zero-order valence-corrected chi connectivity index (χ0v) is 27.5. The molecule has 0 saturated carbocycles. The lowest BCUT2D eigenvalue weighted by molar-refractivity contribution is -0.149. The summed E-state index contributed by atoms with van der Waals surface area (Å²) in [6, 6.07) is 25.3. The largest absolute Gasteiger partial charge is 0.459 e. The van der Waals surface area contributed by atoms with Crippen molar-refractivity contribution in [2.45, 2.75) is 90.6 Å². The van der Waals surface area contributed by atoms with Gasteiger partial charge >= 0.3 is 12.1 Å². The molecule has 9 nitrogen and oxygen atoms in total. The lowest BCUT2D eigenvalue weighted by atomic mass is 10.00. The van der Waals surface area contributed by atoms with Gasteiger partial charge in [-0.15, -0.1) is 0 Å². The van der Waals surface area contributed by atoms with E-state index in [1.165, 1.54) is 0 Å². The molecule has 3 N–H and O–H groups in total. The second-order valence-corrected chi connectivity index (χ2v) is 12.8. The van der Waals surface area contributed by atoms with Crippen molar-refractivity contribution in [3.8, 4) is 0 Å². The average molecular weight is 630 g/mol. The maximum Gasteiger partial charge on any atom is 0.408 e. The standard InChI is InChI=1S/C37H47N3O6/c1-26(2)23-31(38-33(41)30(40-36(44)46-37(3,4)5)22-21-27-15-9-6-10-16-27)34(42)39-32(24-28-17-11-7-12-18-28)35(43)45-25-29-19-13-8-14-20-29/h6-20,26,30-32H,21-25H2,1-5H3,(H,38,41)(H,39,42)(H,40,44)/t30?,31-,32+/m0/s1. The zero-order chi connectivity index (χ0) is 33.5. The Labute approximate surface area is 272 Å². The molecule has 0 aliphatic heterocycles. The van der Waals surface area contributed by atoms with E-state index in [-0.39, 0.29) is 25.4 Å². The average Bonchev–Trinajstić information content (AvgIpc) is 3.01. The molecule has 0 bridgehead atoms. The molecule has 3 aromatic rings. The molecule has 0 aromatic heterocycles. The van der Waals surface area contributed by atoms with Crippen LogP contribution in [0.5, 0.6) is 0 Å². The molecule has 3 atom stereocenters. The van der Waals surface area contributed by atoms with Crippen molar-refractivity contribution in [1.29, 1.82) is 0 Å². The normalized spacial score (nSPS) is 13.2. The molecule has 3 amide bonds. The molecular weight excluding hydrogens is 582 g/mol. The highest BCUT2D eigenvalue weighted by Gasteiger charge is 2.31. The van der Waals surface area contributed by atoms with E-state index in [2.05, 4.69) is 16.0 Å². The van der Waals surface area contributed by atoms with Crippen LogP contribution in [0.4, 0.5) is 4.79 Å². The predicted octanol–water partition coefficient (Wildman–Crippen LogP) is 5.51. The third-order valence-corrected chi connectivity index (χ3v) is 7.02. The zero-order valence-electron chi connectivity index (χ0n) is 27.5. The number of esters is 1. The molecule has 0 spiro atoms. The van der Waals surface area contributed by atoms with Crippen molar-refractivity contribution in [3.63, 3.8) is 0 Å². The molecule has 246 valence electrons. The van der Waals surface area contributed by atoms with E-state index in [4.69, 9.17) is 9.47 Å². The van der Waals surface area contributed by atoms with Crippen LogP contribution in [0.25, 0.3) is 0 Å². The van der Waals surface area contributed by atoms with Gasteiger partial charge in [-0.3, -0.25) is 9.59 Å². The summed E-state index contributed by atoms with van der Waals surface area (Å²) in [6.45, 7) is 9.16. The minimum absolute atomic E-state index is 0.0373. The van der Waals surface area contributed by atoms with Gasteiger partial charge in [-0.25, -0.2) is 9.59 Å². The van der Waals surface area contributed by atoms with Crippen LogP contribution in [0.1, 0.15) is 64.2 Å². The number of carbonyl (C=O) groups is 4. The van der Waals surface area contributed by atoms with Crippen molar-refractivity contribution >= 4 is 23.9 Å². The Morgan fingerprint density at radius 1 is 0.652 bits per heavy atom. The molecule has 46 heavy (non-hydrogen) atoms. The molecule has 1 unspecified atom stereocenters. The fourth-order valence-corrected chi connectivity index (χ4v) is 4.79. The second-order valence-electron chi connectivity index (χ2n) is 12.8. The summed E-state index contributed by atoms with van der Waals surface area (Å²) in [7, 11) is 0. The number of nitrogens with one attached hydrogen (secondary N) is 3. The van der Waals surface area contributed by atoms with Gasteiger partial charge in [0.25, 0.3) is 0 Å². The summed E-state index contributed by atoms with van der Waals surface area (Å²) in [5, 5.41) is 8.37. The van der Waals surface area contributed by atoms with Crippen LogP contribution < -0.4 is 16.0 Å². The Morgan fingerprint density at radius 2 is 1.15 bits per heavy atom. The van der Waals surface area contributed by atoms with E-state index in [0.717, 1.165) is 16.7 Å². The number of hydrogen-bond donors (Lipinski definition) is 3. The van der Waals surface area contributed by atoms with Gasteiger partial charge in [0.1, 0.15) is 30.3 Å². The number of amides is 3. The lowest BCUT2D eigenvalue weighted by Crippen LogP contribution is -2.56. The minimum atomic E-state index is -0.987. The number of alkyl carbamates (subject to hydrolysis) is 1. The molecule has 3 aromatic carbocycles. The Balaban J connectivity index is 1.77. The third-order valence-electron chi connectivity index (χ3n) is 7.02. The first kappa shape index (κ1) is 35.8. The molecule has 0 saturated heterocycles. The summed E-state index contributed by atoms with van der Waals surface area (Å²) < 4.78 is 11.0. The van der Waals surface area contributed by atoms with Crippen LogP contribution in [0.15, 0.2) is 91.0 Å². The monoisotopic (exact) mass is 629 g/mol. The van der Waals surface area contributed by atoms with Crippen LogP contribution in [0, 0.1) is 5.92 Å². The van der Waals surface area contributed by atoms with Crippen LogP contribution in [0.2, 0.25) is 0 Å². The number of hydrogen-bond acceptors (Lipinski definition) is 6. The van der Waals surface area contributed by atoms with Crippen molar-refractivity contribution in [3.05, 3.63) is 108 Å². The van der Waals surface area contributed by atoms with Crippen molar-refractivity contribution in [2.24, 2.45) is 5.92 Å². The first-order valence-electron chi connectivity index (χ1n) is 15.8. The van der Waals surface area contributed by atoms with Gasteiger partial charge in [0.15, 0.2) is 0 Å². The van der Waals surface area contributed by atoms with E-state index in [0.29, 0.717) is 12.8 Å². The van der Waals surface area contributed by atoms with Crippen LogP contribution >= 0.6 is 0 Å². The Kier molecular flexibility index (Phi) is 13.8. The van der Waals surface area contributed by atoms with Gasteiger partial charge < -0.3 is 25.4 Å². The molecule has 0 radical (unpaired) electrons. The molecule has 0 aliphatic rings. The molecule has 0 heterocycles. The number of benzene rings is 3. The number of rotatable bonds is 15. The number of ether oxygens (including phenoxy) is 2. The summed E-state index contributed by atoms with van der Waals surface area (Å²) >= 11 is 0. The Hall–Kier alpha value is -4.66. The van der Waals surface area contributed by atoms with Gasteiger partial charge in [0, 0.05) is 6.42 Å². The molecule has 0 fully saturated rings. The highest BCUT2D eigenvalue weighted by molar-refractivity contribution is 5.93. The predicted molar refractivity (Wildman–Crippen MR) is 178 cm³/mol. The van der Waals surface area contributed by atoms with Crippen LogP contribution in [0.3, 0.4) is 0 Å². The minimum Gasteiger partial charge on any atom is -0.459 e. The fraction of sp³-hybridized carbons (Fsp3) is 0.405. The Bertz CT molecular complexity index is 1390. The maximum absolute atomic E-state index is 13.8. The highest BCUT2D eigenvalue weighted by Crippen LogP contribution is 2.13. The summed E-state index contributed by atoms with van der Waals surface area (Å²) in [5.74, 6) is -1.58. The summed E-state index contributed by atoms with van der Waals surface area (Å²) in [6.07, 6.45) is 0.597. The number of carbonyl (C=O) groups excluding carboxylic acids is 4. The van der Waals surface area contributed by atoms with Crippen LogP contribution in [-0.2, 0) is 43.3 Å². The van der Waals surface area contributed by atoms with E-state index in [1.807, 2.05) is 105 Å². The Morgan fingerprint density at radius 3 is 1.70 bits per heavy atom. The summed E-state index contributed by atoms with van der Waals surface area (Å²) in [4.78, 5) is 53.4. The van der Waals surface area contributed by atoms with Gasteiger partial charge in [0.2, 0.25) is 11.8 Å². The fourth-order valence-electron chi connectivity index (χ4n) is 4.79. The molecule has 3 rings (SSSR count). The molecular formula is C37H47N3O6. The molecule has 0 aliphatic carbocycles. The smallest absolute Gasteiger partial charge is 0.408 e. The third kappa shape index (κ3) is 13.1. The van der Waals surface area contributed by atoms with Gasteiger partial charge in [-0.05, 0) is 62.6 Å². The highest BCUT2D eigenvalue weighted by atomic mass is 16.6. The quantitative estimate of drug-likeness (QED) is 0.191. The maximum atomic E-state index is 13.8. The molecule has 9 heteroatoms. The van der Waals surface area contributed by atoms with Crippen molar-refractivity contribution in [1.82, 2.24) is 16.0 Å². The van der Waals surface area contributed by atoms with E-state index < -0.39 is 47.6 Å². The topological polar surface area (TPSA) is 123 Å². The van der Waals surface area contributed by atoms with E-state index in [1.54, 1.807) is 20.8 Å². The van der Waals surface area contributed by atoms with Gasteiger partial charge in [0.05, 0.1) is 0 Å². The first-order chi connectivity index (χ1) is 21.9. The van der Waals surface area contributed by atoms with Crippen molar-refractivity contribution in [2.75, 3.05) is 0 Å². The SMILES string of the molecule is CC(C)C[C@H](NC(=O)C(CCc1ccccc1)NC(=O)OC(C)(C)C)C(=O)N[C@H](Cc1ccccc1)C(=O)OCc1ccccc1. The van der Waals surface area contributed by atoms with Gasteiger partial charge in [-0.1, -0.05) is 105 Å². The van der Waals surface area contributed by atoms with Crippen LogP contribution in [-0.4, -0.2) is 47.6 Å². The van der Waals surface area contributed by atoms with E-state index >= 15 is 0 Å². The van der Waals surface area contributed by atoms with E-state index in [9.17, 15) is 19.2 Å². The van der Waals surface area contributed by atoms with Crippen molar-refractivity contribution < 1.29 is 28.7 Å². The first-order valence-corrected chi connectivity index (χ1v) is 15.8. The second kappa shape index (κ2) is 17.7. The van der Waals surface area contributed by atoms with Gasteiger partial charge in [-0.2, -0.15) is 0 Å². The summed E-state index contributed by atoms with van der Waals surface area (Å²) in [5.41, 5.74) is 1.91.